The van der Waals surface area contributed by atoms with Gasteiger partial charge in [0.05, 0.1) is 5.75 Å². The van der Waals surface area contributed by atoms with E-state index < -0.39 is 6.04 Å². The van der Waals surface area contributed by atoms with Gasteiger partial charge >= 0.3 is 0 Å². The Labute approximate surface area is 238 Å². The van der Waals surface area contributed by atoms with Crippen LogP contribution in [0.3, 0.4) is 0 Å². The first-order valence-corrected chi connectivity index (χ1v) is 14.4. The zero-order valence-corrected chi connectivity index (χ0v) is 24.0. The Balaban J connectivity index is 1.84. The monoisotopic (exact) mass is 576 g/mol. The Morgan fingerprint density at radius 2 is 1.57 bits per heavy atom. The lowest BCUT2D eigenvalue weighted by molar-refractivity contribution is -0.139. The first-order valence-electron chi connectivity index (χ1n) is 12.1. The lowest BCUT2D eigenvalue weighted by Crippen LogP contribution is -2.51. The second-order valence-electron chi connectivity index (χ2n) is 9.22. The maximum atomic E-state index is 13.7. The summed E-state index contributed by atoms with van der Waals surface area (Å²) in [6, 6.07) is 21.8. The van der Waals surface area contributed by atoms with Gasteiger partial charge < -0.3 is 10.2 Å². The van der Waals surface area contributed by atoms with E-state index in [-0.39, 0.29) is 17.6 Å². The number of thioether (sulfide) groups is 1. The average molecular weight is 578 g/mol. The lowest BCUT2D eigenvalue weighted by atomic mass is 10.0. The zero-order chi connectivity index (χ0) is 26.8. The smallest absolute Gasteiger partial charge is 0.243 e. The minimum atomic E-state index is -0.663. The van der Waals surface area contributed by atoms with Gasteiger partial charge in [-0.1, -0.05) is 97.2 Å². The van der Waals surface area contributed by atoms with Crippen LogP contribution in [0.2, 0.25) is 15.1 Å². The van der Waals surface area contributed by atoms with Crippen molar-refractivity contribution in [2.75, 3.05) is 12.3 Å². The molecule has 4 nitrogen and oxygen atoms in total. The molecule has 0 aliphatic rings. The number of halogens is 3. The molecule has 0 fully saturated rings. The van der Waals surface area contributed by atoms with Crippen molar-refractivity contribution in [1.82, 2.24) is 10.2 Å². The minimum Gasteiger partial charge on any atom is -0.354 e. The van der Waals surface area contributed by atoms with Crippen LogP contribution in [0, 0.1) is 5.92 Å². The number of carbonyl (C=O) groups excluding carboxylic acids is 2. The van der Waals surface area contributed by atoms with Crippen molar-refractivity contribution in [2.24, 2.45) is 5.92 Å². The van der Waals surface area contributed by atoms with Gasteiger partial charge in [0.15, 0.2) is 0 Å². The second kappa shape index (κ2) is 14.7. The average Bonchev–Trinajstić information content (AvgIpc) is 2.87. The number of benzene rings is 3. The van der Waals surface area contributed by atoms with Gasteiger partial charge in [0.25, 0.3) is 0 Å². The molecule has 0 bridgehead atoms. The molecule has 0 aromatic heterocycles. The van der Waals surface area contributed by atoms with Crippen LogP contribution in [0.1, 0.15) is 30.5 Å². The quantitative estimate of drug-likeness (QED) is 0.246. The number of hydrogen-bond donors (Lipinski definition) is 1. The summed E-state index contributed by atoms with van der Waals surface area (Å²) in [5, 5.41) is 4.79. The highest BCUT2D eigenvalue weighted by Gasteiger charge is 2.30. The molecule has 1 N–H and O–H groups in total. The van der Waals surface area contributed by atoms with Crippen molar-refractivity contribution >= 4 is 58.4 Å². The third-order valence-electron chi connectivity index (χ3n) is 5.72. The van der Waals surface area contributed by atoms with E-state index in [4.69, 9.17) is 34.8 Å². The Bertz CT molecular complexity index is 1170. The van der Waals surface area contributed by atoms with Crippen LogP contribution in [0.15, 0.2) is 72.8 Å². The molecule has 0 saturated heterocycles. The Hall–Kier alpha value is -2.18. The molecule has 0 radical (unpaired) electrons. The van der Waals surface area contributed by atoms with Gasteiger partial charge in [-0.25, -0.2) is 0 Å². The molecule has 37 heavy (non-hydrogen) atoms. The number of nitrogens with one attached hydrogen (secondary N) is 1. The van der Waals surface area contributed by atoms with Gasteiger partial charge in [0.1, 0.15) is 6.04 Å². The molecule has 2 amide bonds. The normalized spacial score (nSPS) is 11.8. The van der Waals surface area contributed by atoms with Crippen molar-refractivity contribution in [1.29, 1.82) is 0 Å². The molecule has 0 spiro atoms. The number of nitrogens with zero attached hydrogens (tertiary/aromatic N) is 1. The fraction of sp³-hybridized carbons (Fsp3) is 0.310. The molecule has 196 valence electrons. The Kier molecular flexibility index (Phi) is 11.7. The molecule has 1 atom stereocenters. The van der Waals surface area contributed by atoms with E-state index in [2.05, 4.69) is 5.32 Å². The van der Waals surface area contributed by atoms with E-state index >= 15 is 0 Å². The van der Waals surface area contributed by atoms with Crippen molar-refractivity contribution in [3.05, 3.63) is 105 Å². The summed E-state index contributed by atoms with van der Waals surface area (Å²) in [7, 11) is 0. The minimum absolute atomic E-state index is 0.120. The van der Waals surface area contributed by atoms with E-state index in [1.165, 1.54) is 11.8 Å². The molecular formula is C29H31Cl3N2O2S. The zero-order valence-electron chi connectivity index (χ0n) is 20.9. The maximum absolute atomic E-state index is 13.7. The molecule has 8 heteroatoms. The fourth-order valence-corrected chi connectivity index (χ4v) is 5.33. The highest BCUT2D eigenvalue weighted by atomic mass is 35.5. The van der Waals surface area contributed by atoms with Crippen LogP contribution < -0.4 is 5.32 Å². The molecule has 0 aliphatic heterocycles. The molecule has 0 unspecified atom stereocenters. The summed E-state index contributed by atoms with van der Waals surface area (Å²) in [6.45, 7) is 4.92. The number of carbonyl (C=O) groups is 2. The van der Waals surface area contributed by atoms with Crippen molar-refractivity contribution < 1.29 is 9.59 Å². The summed E-state index contributed by atoms with van der Waals surface area (Å²) in [5.74, 6) is 0.770. The molecular weight excluding hydrogens is 547 g/mol. The molecule has 3 rings (SSSR count). The van der Waals surface area contributed by atoms with E-state index in [1.807, 2.05) is 62.4 Å². The third kappa shape index (κ3) is 9.57. The first kappa shape index (κ1) is 29.4. The standard InChI is InChI=1S/C29H31Cl3N2O2S/c1-20(2)16-33-29(36)27(14-21-6-4-3-5-7-21)34(17-22-8-11-24(30)12-9-22)28(35)19-37-18-23-10-13-25(31)15-26(23)32/h3-13,15,20,27H,14,16-19H2,1-2H3,(H,33,36)/t27-/m1/s1. The van der Waals surface area contributed by atoms with E-state index in [0.717, 1.165) is 16.7 Å². The Morgan fingerprint density at radius 3 is 2.22 bits per heavy atom. The number of amides is 2. The van der Waals surface area contributed by atoms with E-state index in [0.29, 0.717) is 46.2 Å². The molecule has 0 aliphatic carbocycles. The van der Waals surface area contributed by atoms with Gasteiger partial charge in [-0.15, -0.1) is 11.8 Å². The first-order chi connectivity index (χ1) is 17.7. The van der Waals surface area contributed by atoms with Gasteiger partial charge in [0, 0.05) is 40.3 Å². The van der Waals surface area contributed by atoms with Crippen LogP contribution in [0.4, 0.5) is 0 Å². The largest absolute Gasteiger partial charge is 0.354 e. The number of hydrogen-bond acceptors (Lipinski definition) is 3. The van der Waals surface area contributed by atoms with Crippen molar-refractivity contribution in [2.45, 2.75) is 38.6 Å². The summed E-state index contributed by atoms with van der Waals surface area (Å²) >= 11 is 19.9. The second-order valence-corrected chi connectivity index (χ2v) is 11.5. The molecule has 0 heterocycles. The molecule has 3 aromatic rings. The fourth-order valence-electron chi connectivity index (χ4n) is 3.73. The van der Waals surface area contributed by atoms with Gasteiger partial charge in [-0.2, -0.15) is 0 Å². The van der Waals surface area contributed by atoms with Crippen LogP contribution in [-0.4, -0.2) is 35.1 Å². The summed E-state index contributed by atoms with van der Waals surface area (Å²) in [5.41, 5.74) is 2.79. The van der Waals surface area contributed by atoms with Crippen LogP contribution >= 0.6 is 46.6 Å². The van der Waals surface area contributed by atoms with E-state index in [9.17, 15) is 9.59 Å². The molecule has 0 saturated carbocycles. The lowest BCUT2D eigenvalue weighted by Gasteiger charge is -2.32. The third-order valence-corrected chi connectivity index (χ3v) is 7.53. The van der Waals surface area contributed by atoms with Crippen molar-refractivity contribution in [3.8, 4) is 0 Å². The van der Waals surface area contributed by atoms with Crippen LogP contribution in [-0.2, 0) is 28.3 Å². The summed E-state index contributed by atoms with van der Waals surface area (Å²) in [4.78, 5) is 28.8. The number of rotatable bonds is 12. The Morgan fingerprint density at radius 1 is 0.892 bits per heavy atom. The highest BCUT2D eigenvalue weighted by molar-refractivity contribution is 7.99. The maximum Gasteiger partial charge on any atom is 0.243 e. The molecule has 3 aromatic carbocycles. The van der Waals surface area contributed by atoms with Crippen molar-refractivity contribution in [3.63, 3.8) is 0 Å². The predicted octanol–water partition coefficient (Wildman–Crippen LogP) is 7.29. The van der Waals surface area contributed by atoms with Crippen LogP contribution in [0.5, 0.6) is 0 Å². The van der Waals surface area contributed by atoms with E-state index in [1.54, 1.807) is 29.2 Å². The van der Waals surface area contributed by atoms with Crippen LogP contribution in [0.25, 0.3) is 0 Å². The van der Waals surface area contributed by atoms with Gasteiger partial charge in [-0.3, -0.25) is 9.59 Å². The summed E-state index contributed by atoms with van der Waals surface area (Å²) in [6.07, 6.45) is 0.414. The van der Waals surface area contributed by atoms with Gasteiger partial charge in [-0.05, 0) is 46.9 Å². The van der Waals surface area contributed by atoms with Gasteiger partial charge in [0.2, 0.25) is 11.8 Å². The highest BCUT2D eigenvalue weighted by Crippen LogP contribution is 2.25. The summed E-state index contributed by atoms with van der Waals surface area (Å²) < 4.78 is 0. The predicted molar refractivity (Wildman–Crippen MR) is 156 cm³/mol. The SMILES string of the molecule is CC(C)CNC(=O)[C@@H](Cc1ccccc1)N(Cc1ccc(Cl)cc1)C(=O)CSCc1ccc(Cl)cc1Cl. The topological polar surface area (TPSA) is 49.4 Å².